The van der Waals surface area contributed by atoms with Gasteiger partial charge in [0.15, 0.2) is 5.76 Å². The van der Waals surface area contributed by atoms with E-state index in [4.69, 9.17) is 4.42 Å². The number of furan rings is 1. The minimum absolute atomic E-state index is 0.00152. The second-order valence-corrected chi connectivity index (χ2v) is 6.54. The first kappa shape index (κ1) is 15.4. The lowest BCUT2D eigenvalue weighted by atomic mass is 9.80. The maximum atomic E-state index is 12.4. The van der Waals surface area contributed by atoms with Gasteiger partial charge in [-0.05, 0) is 48.6 Å². The summed E-state index contributed by atoms with van der Waals surface area (Å²) in [6.45, 7) is 2.50. The fourth-order valence-corrected chi connectivity index (χ4v) is 3.91. The topological polar surface area (TPSA) is 70.4 Å². The number of hydrazine groups is 1. The summed E-state index contributed by atoms with van der Waals surface area (Å²) in [5.74, 6) is 1.44. The molecule has 126 valence electrons. The number of carbonyl (C=O) groups excluding carboxylic acids is 1. The van der Waals surface area contributed by atoms with Crippen LogP contribution >= 0.6 is 0 Å². The first-order valence-corrected chi connectivity index (χ1v) is 8.54. The molecule has 0 spiro atoms. The molecule has 0 aliphatic carbocycles. The van der Waals surface area contributed by atoms with E-state index in [1.165, 1.54) is 5.56 Å². The molecule has 6 nitrogen and oxygen atoms in total. The number of pyridine rings is 1. The molecule has 2 fully saturated rings. The van der Waals surface area contributed by atoms with E-state index in [0.29, 0.717) is 23.6 Å². The van der Waals surface area contributed by atoms with Gasteiger partial charge in [0.1, 0.15) is 0 Å². The number of aromatic nitrogens is 1. The number of hydrogen-bond donors (Lipinski definition) is 2. The molecule has 2 aromatic rings. The van der Waals surface area contributed by atoms with Crippen molar-refractivity contribution in [3.05, 3.63) is 54.2 Å². The molecule has 0 bridgehead atoms. The van der Waals surface area contributed by atoms with E-state index < -0.39 is 0 Å². The van der Waals surface area contributed by atoms with Crippen LogP contribution in [0.3, 0.4) is 0 Å². The molecule has 2 saturated heterocycles. The van der Waals surface area contributed by atoms with E-state index in [2.05, 4.69) is 28.0 Å². The maximum absolute atomic E-state index is 12.4. The second-order valence-electron chi connectivity index (χ2n) is 6.54. The zero-order valence-corrected chi connectivity index (χ0v) is 13.5. The van der Waals surface area contributed by atoms with Crippen molar-refractivity contribution in [1.29, 1.82) is 0 Å². The van der Waals surface area contributed by atoms with E-state index in [-0.39, 0.29) is 5.91 Å². The molecule has 1 amide bonds. The van der Waals surface area contributed by atoms with E-state index in [1.54, 1.807) is 18.4 Å². The highest BCUT2D eigenvalue weighted by Gasteiger charge is 2.37. The highest BCUT2D eigenvalue weighted by atomic mass is 16.3. The summed E-state index contributed by atoms with van der Waals surface area (Å²) in [6, 6.07) is 8.08. The molecule has 2 aliphatic rings. The molecule has 4 heterocycles. The highest BCUT2D eigenvalue weighted by molar-refractivity contribution is 5.91. The van der Waals surface area contributed by atoms with Crippen LogP contribution in [-0.4, -0.2) is 41.5 Å². The van der Waals surface area contributed by atoms with Crippen molar-refractivity contribution in [3.63, 3.8) is 0 Å². The number of likely N-dealkylation sites (tertiary alicyclic amines) is 1. The largest absolute Gasteiger partial charge is 0.459 e. The van der Waals surface area contributed by atoms with Crippen molar-refractivity contribution >= 4 is 5.91 Å². The number of nitrogens with one attached hydrogen (secondary N) is 2. The third kappa shape index (κ3) is 2.95. The Morgan fingerprint density at radius 3 is 2.71 bits per heavy atom. The lowest BCUT2D eigenvalue weighted by molar-refractivity contribution is 0.0638. The molecule has 2 atom stereocenters. The Morgan fingerprint density at radius 2 is 2.00 bits per heavy atom. The van der Waals surface area contributed by atoms with Gasteiger partial charge in [0, 0.05) is 44.0 Å². The predicted molar refractivity (Wildman–Crippen MR) is 89.2 cm³/mol. The summed E-state index contributed by atoms with van der Waals surface area (Å²) in [5, 5.41) is 0. The number of carbonyl (C=O) groups is 1. The molecule has 2 unspecified atom stereocenters. The lowest BCUT2D eigenvalue weighted by Gasteiger charge is -2.36. The molecular formula is C18H22N4O2. The van der Waals surface area contributed by atoms with Gasteiger partial charge in [-0.2, -0.15) is 0 Å². The van der Waals surface area contributed by atoms with Gasteiger partial charge in [-0.1, -0.05) is 0 Å². The van der Waals surface area contributed by atoms with Gasteiger partial charge < -0.3 is 9.32 Å². The van der Waals surface area contributed by atoms with Crippen LogP contribution < -0.4 is 10.9 Å². The lowest BCUT2D eigenvalue weighted by Crippen LogP contribution is -2.45. The standard InChI is InChI=1S/C18H22N4O2/c23-18(16-2-1-11-24-16)22-9-5-14(6-10-22)17-15(12-20-21-17)13-3-7-19-8-4-13/h1-4,7-8,11,14-15,17,20-21H,5-6,9-10,12H2. The zero-order valence-electron chi connectivity index (χ0n) is 13.5. The molecule has 0 saturated carbocycles. The quantitative estimate of drug-likeness (QED) is 0.900. The molecule has 2 aromatic heterocycles. The normalized spacial score (nSPS) is 25.1. The van der Waals surface area contributed by atoms with Crippen molar-refractivity contribution < 1.29 is 9.21 Å². The van der Waals surface area contributed by atoms with Crippen LogP contribution in [0.1, 0.15) is 34.9 Å². The van der Waals surface area contributed by atoms with Gasteiger partial charge in [-0.15, -0.1) is 0 Å². The van der Waals surface area contributed by atoms with E-state index >= 15 is 0 Å². The number of piperidine rings is 1. The van der Waals surface area contributed by atoms with Crippen LogP contribution in [0.5, 0.6) is 0 Å². The maximum Gasteiger partial charge on any atom is 0.289 e. The highest BCUT2D eigenvalue weighted by Crippen LogP contribution is 2.32. The van der Waals surface area contributed by atoms with E-state index in [9.17, 15) is 4.79 Å². The van der Waals surface area contributed by atoms with E-state index in [0.717, 1.165) is 32.5 Å². The fourth-order valence-electron chi connectivity index (χ4n) is 3.91. The molecule has 4 rings (SSSR count). The summed E-state index contributed by atoms with van der Waals surface area (Å²) in [4.78, 5) is 18.4. The van der Waals surface area contributed by atoms with Crippen LogP contribution in [-0.2, 0) is 0 Å². The number of hydrogen-bond acceptors (Lipinski definition) is 5. The molecule has 24 heavy (non-hydrogen) atoms. The van der Waals surface area contributed by atoms with Crippen LogP contribution in [0.15, 0.2) is 47.3 Å². The summed E-state index contributed by atoms with van der Waals surface area (Å²) in [7, 11) is 0. The molecular weight excluding hydrogens is 304 g/mol. The van der Waals surface area contributed by atoms with Gasteiger partial charge in [0.05, 0.1) is 6.26 Å². The Hall–Kier alpha value is -2.18. The molecule has 0 radical (unpaired) electrons. The van der Waals surface area contributed by atoms with Crippen LogP contribution in [0, 0.1) is 5.92 Å². The summed E-state index contributed by atoms with van der Waals surface area (Å²) in [5.41, 5.74) is 8.08. The Kier molecular flexibility index (Phi) is 4.32. The summed E-state index contributed by atoms with van der Waals surface area (Å²) in [6.07, 6.45) is 7.28. The monoisotopic (exact) mass is 326 g/mol. The number of nitrogens with zero attached hydrogens (tertiary/aromatic N) is 2. The van der Waals surface area contributed by atoms with Crippen LogP contribution in [0.4, 0.5) is 0 Å². The number of amides is 1. The van der Waals surface area contributed by atoms with Crippen molar-refractivity contribution in [2.45, 2.75) is 24.8 Å². The van der Waals surface area contributed by atoms with Crippen molar-refractivity contribution in [2.75, 3.05) is 19.6 Å². The average molecular weight is 326 g/mol. The van der Waals surface area contributed by atoms with Crippen molar-refractivity contribution in [1.82, 2.24) is 20.7 Å². The Morgan fingerprint density at radius 1 is 1.21 bits per heavy atom. The van der Waals surface area contributed by atoms with Crippen LogP contribution in [0.2, 0.25) is 0 Å². The van der Waals surface area contributed by atoms with Gasteiger partial charge in [-0.25, -0.2) is 0 Å². The van der Waals surface area contributed by atoms with Crippen molar-refractivity contribution in [3.8, 4) is 0 Å². The molecule has 2 N–H and O–H groups in total. The van der Waals surface area contributed by atoms with Gasteiger partial charge in [0.2, 0.25) is 0 Å². The van der Waals surface area contributed by atoms with Gasteiger partial charge in [-0.3, -0.25) is 20.6 Å². The summed E-state index contributed by atoms with van der Waals surface area (Å²) < 4.78 is 5.23. The average Bonchev–Trinajstić information content (AvgIpc) is 3.34. The molecule has 0 aromatic carbocycles. The first-order chi connectivity index (χ1) is 11.8. The van der Waals surface area contributed by atoms with Gasteiger partial charge in [0.25, 0.3) is 5.91 Å². The number of rotatable bonds is 3. The third-order valence-corrected chi connectivity index (χ3v) is 5.23. The Bertz CT molecular complexity index is 666. The van der Waals surface area contributed by atoms with Gasteiger partial charge >= 0.3 is 0 Å². The molecule has 6 heteroatoms. The van der Waals surface area contributed by atoms with Crippen LogP contribution in [0.25, 0.3) is 0 Å². The second kappa shape index (κ2) is 6.75. The Labute approximate surface area is 141 Å². The SMILES string of the molecule is O=C(c1ccco1)N1CCC(C2NNCC2c2ccncc2)CC1. The summed E-state index contributed by atoms with van der Waals surface area (Å²) >= 11 is 0. The third-order valence-electron chi connectivity index (χ3n) is 5.23. The minimum Gasteiger partial charge on any atom is -0.459 e. The minimum atomic E-state index is 0.00152. The smallest absolute Gasteiger partial charge is 0.289 e. The first-order valence-electron chi connectivity index (χ1n) is 8.54. The Balaban J connectivity index is 1.39. The molecule has 2 aliphatic heterocycles. The zero-order chi connectivity index (χ0) is 16.4. The predicted octanol–water partition coefficient (Wildman–Crippen LogP) is 1.79. The fraction of sp³-hybridized carbons (Fsp3) is 0.444. The van der Waals surface area contributed by atoms with E-state index in [1.807, 2.05) is 17.3 Å². The van der Waals surface area contributed by atoms with Crippen molar-refractivity contribution in [2.24, 2.45) is 5.92 Å².